The van der Waals surface area contributed by atoms with E-state index in [1.54, 1.807) is 0 Å². The predicted octanol–water partition coefficient (Wildman–Crippen LogP) is 3.02. The van der Waals surface area contributed by atoms with Crippen LogP contribution in [-0.2, 0) is 4.74 Å². The molecule has 1 aromatic carbocycles. The molecule has 23 heavy (non-hydrogen) atoms. The Kier molecular flexibility index (Phi) is 3.60. The second-order valence-electron chi connectivity index (χ2n) is 7.77. The summed E-state index contributed by atoms with van der Waals surface area (Å²) in [6.07, 6.45) is 3.81. The van der Waals surface area contributed by atoms with Gasteiger partial charge in [-0.1, -0.05) is 26.0 Å². The summed E-state index contributed by atoms with van der Waals surface area (Å²) in [5.74, 6) is 1.80. The van der Waals surface area contributed by atoms with Crippen molar-refractivity contribution in [3.63, 3.8) is 0 Å². The fraction of sp³-hybridized carbons (Fsp3) is 0.632. The molecule has 2 saturated carbocycles. The van der Waals surface area contributed by atoms with Crippen molar-refractivity contribution in [2.75, 3.05) is 13.2 Å². The highest BCUT2D eigenvalue weighted by molar-refractivity contribution is 5.97. The molecule has 3 fully saturated rings. The molecule has 1 N–H and O–H groups in total. The maximum Gasteiger partial charge on any atom is 0.255 e. The zero-order valence-electron chi connectivity index (χ0n) is 13.9. The van der Waals surface area contributed by atoms with E-state index in [-0.39, 0.29) is 23.5 Å². The molecule has 0 radical (unpaired) electrons. The second-order valence-corrected chi connectivity index (χ2v) is 7.77. The van der Waals surface area contributed by atoms with Crippen LogP contribution in [0, 0.1) is 17.3 Å². The maximum atomic E-state index is 12.8. The normalized spacial score (nSPS) is 31.1. The standard InChI is InChI=1S/C19H25NO3/c1-19(2)16(14-9-10-22-17(14)19)20-18(21)13-5-3-4-6-15(13)23-11-12-7-8-12/h3-6,12,14,16-17H,7-11H2,1-2H3,(H,20,21). The summed E-state index contributed by atoms with van der Waals surface area (Å²) in [5, 5.41) is 3.24. The van der Waals surface area contributed by atoms with Crippen LogP contribution in [-0.4, -0.2) is 31.3 Å². The fourth-order valence-corrected chi connectivity index (χ4v) is 4.11. The third kappa shape index (κ3) is 2.63. The Labute approximate surface area is 137 Å². The highest BCUT2D eigenvalue weighted by Crippen LogP contribution is 2.52. The summed E-state index contributed by atoms with van der Waals surface area (Å²) < 4.78 is 11.7. The van der Waals surface area contributed by atoms with Gasteiger partial charge in [0.1, 0.15) is 5.75 Å². The van der Waals surface area contributed by atoms with Crippen molar-refractivity contribution >= 4 is 5.91 Å². The van der Waals surface area contributed by atoms with Gasteiger partial charge in [-0.15, -0.1) is 0 Å². The van der Waals surface area contributed by atoms with Crippen LogP contribution in [0.15, 0.2) is 24.3 Å². The highest BCUT2D eigenvalue weighted by Gasteiger charge is 2.59. The SMILES string of the molecule is CC1(C)C(NC(=O)c2ccccc2OCC2CC2)C2CCOC21. The fourth-order valence-electron chi connectivity index (χ4n) is 4.11. The maximum absolute atomic E-state index is 12.8. The van der Waals surface area contributed by atoms with E-state index in [1.807, 2.05) is 24.3 Å². The molecule has 0 aromatic heterocycles. The molecule has 2 aliphatic carbocycles. The average molecular weight is 315 g/mol. The molecule has 4 nitrogen and oxygen atoms in total. The van der Waals surface area contributed by atoms with Crippen LogP contribution < -0.4 is 10.1 Å². The summed E-state index contributed by atoms with van der Waals surface area (Å²) >= 11 is 0. The Bertz CT molecular complexity index is 608. The van der Waals surface area contributed by atoms with Crippen LogP contribution >= 0.6 is 0 Å². The number of para-hydroxylation sites is 1. The minimum absolute atomic E-state index is 0.000635. The Hall–Kier alpha value is -1.55. The molecule has 1 aromatic rings. The summed E-state index contributed by atoms with van der Waals surface area (Å²) in [6.45, 7) is 5.89. The van der Waals surface area contributed by atoms with Crippen LogP contribution in [0.1, 0.15) is 43.5 Å². The van der Waals surface area contributed by atoms with Gasteiger partial charge in [0.2, 0.25) is 0 Å². The first-order valence-electron chi connectivity index (χ1n) is 8.71. The number of hydrogen-bond acceptors (Lipinski definition) is 3. The lowest BCUT2D eigenvalue weighted by atomic mass is 9.57. The molecule has 0 bridgehead atoms. The topological polar surface area (TPSA) is 47.6 Å². The molecule has 4 rings (SSSR count). The van der Waals surface area contributed by atoms with Gasteiger partial charge in [-0.05, 0) is 37.3 Å². The van der Waals surface area contributed by atoms with Gasteiger partial charge in [0.05, 0.1) is 18.3 Å². The van der Waals surface area contributed by atoms with Crippen LogP contribution in [0.4, 0.5) is 0 Å². The molecule has 1 amide bonds. The smallest absolute Gasteiger partial charge is 0.255 e. The quantitative estimate of drug-likeness (QED) is 0.908. The zero-order valence-corrected chi connectivity index (χ0v) is 13.9. The van der Waals surface area contributed by atoms with Crippen LogP contribution in [0.3, 0.4) is 0 Å². The number of nitrogens with one attached hydrogen (secondary N) is 1. The van der Waals surface area contributed by atoms with E-state index in [2.05, 4.69) is 19.2 Å². The molecule has 3 atom stereocenters. The summed E-state index contributed by atoms with van der Waals surface area (Å²) in [6, 6.07) is 7.75. The Morgan fingerprint density at radius 2 is 2.09 bits per heavy atom. The van der Waals surface area contributed by atoms with Gasteiger partial charge in [-0.3, -0.25) is 4.79 Å². The zero-order chi connectivity index (χ0) is 16.0. The van der Waals surface area contributed by atoms with Crippen molar-refractivity contribution in [2.24, 2.45) is 17.3 Å². The van der Waals surface area contributed by atoms with Crippen molar-refractivity contribution in [2.45, 2.75) is 45.3 Å². The lowest BCUT2D eigenvalue weighted by Crippen LogP contribution is -2.66. The summed E-state index contributed by atoms with van der Waals surface area (Å²) in [5.41, 5.74) is 0.645. The van der Waals surface area contributed by atoms with E-state index in [0.29, 0.717) is 23.1 Å². The lowest BCUT2D eigenvalue weighted by Gasteiger charge is -2.54. The van der Waals surface area contributed by atoms with Crippen LogP contribution in [0.2, 0.25) is 0 Å². The summed E-state index contributed by atoms with van der Waals surface area (Å²) in [4.78, 5) is 12.8. The third-order valence-corrected chi connectivity index (χ3v) is 5.69. The van der Waals surface area contributed by atoms with Gasteiger partial charge in [-0.2, -0.15) is 0 Å². The average Bonchev–Trinajstić information content (AvgIpc) is 3.26. The largest absolute Gasteiger partial charge is 0.492 e. The van der Waals surface area contributed by atoms with Gasteiger partial charge in [0, 0.05) is 24.0 Å². The van der Waals surface area contributed by atoms with E-state index >= 15 is 0 Å². The first-order valence-corrected chi connectivity index (χ1v) is 8.71. The van der Waals surface area contributed by atoms with Gasteiger partial charge in [0.15, 0.2) is 0 Å². The number of amides is 1. The molecular formula is C19H25NO3. The predicted molar refractivity (Wildman–Crippen MR) is 87.5 cm³/mol. The number of hydrogen-bond donors (Lipinski definition) is 1. The minimum atomic E-state index is -0.0279. The van der Waals surface area contributed by atoms with Crippen molar-refractivity contribution < 1.29 is 14.3 Å². The number of fused-ring (bicyclic) bond motifs is 1. The number of ether oxygens (including phenoxy) is 2. The van der Waals surface area contributed by atoms with E-state index in [1.165, 1.54) is 12.8 Å². The van der Waals surface area contributed by atoms with Crippen LogP contribution in [0.5, 0.6) is 5.75 Å². The molecular weight excluding hydrogens is 290 g/mol. The molecule has 0 spiro atoms. The van der Waals surface area contributed by atoms with Crippen molar-refractivity contribution in [3.05, 3.63) is 29.8 Å². The van der Waals surface area contributed by atoms with Crippen molar-refractivity contribution in [3.8, 4) is 5.75 Å². The van der Waals surface area contributed by atoms with E-state index in [0.717, 1.165) is 19.6 Å². The minimum Gasteiger partial charge on any atom is -0.492 e. The number of benzene rings is 1. The van der Waals surface area contributed by atoms with Crippen LogP contribution in [0.25, 0.3) is 0 Å². The Morgan fingerprint density at radius 1 is 1.30 bits per heavy atom. The number of carbonyl (C=O) groups excluding carboxylic acids is 1. The molecule has 124 valence electrons. The first-order chi connectivity index (χ1) is 11.1. The monoisotopic (exact) mass is 315 g/mol. The molecule has 3 unspecified atom stereocenters. The molecule has 1 aliphatic heterocycles. The van der Waals surface area contributed by atoms with E-state index in [4.69, 9.17) is 9.47 Å². The highest BCUT2D eigenvalue weighted by atomic mass is 16.5. The first kappa shape index (κ1) is 15.0. The molecule has 4 heteroatoms. The second kappa shape index (κ2) is 5.52. The van der Waals surface area contributed by atoms with Gasteiger partial charge in [-0.25, -0.2) is 0 Å². The molecule has 1 saturated heterocycles. The van der Waals surface area contributed by atoms with E-state index in [9.17, 15) is 4.79 Å². The van der Waals surface area contributed by atoms with Gasteiger partial charge < -0.3 is 14.8 Å². The lowest BCUT2D eigenvalue weighted by molar-refractivity contribution is -0.108. The number of rotatable bonds is 5. The van der Waals surface area contributed by atoms with Gasteiger partial charge >= 0.3 is 0 Å². The number of carbonyl (C=O) groups is 1. The third-order valence-electron chi connectivity index (χ3n) is 5.69. The Balaban J connectivity index is 1.46. The Morgan fingerprint density at radius 3 is 2.87 bits per heavy atom. The molecule has 1 heterocycles. The molecule has 3 aliphatic rings. The summed E-state index contributed by atoms with van der Waals surface area (Å²) in [7, 11) is 0. The van der Waals surface area contributed by atoms with E-state index < -0.39 is 0 Å². The van der Waals surface area contributed by atoms with Crippen molar-refractivity contribution in [1.82, 2.24) is 5.32 Å². The van der Waals surface area contributed by atoms with Crippen molar-refractivity contribution in [1.29, 1.82) is 0 Å². The van der Waals surface area contributed by atoms with Gasteiger partial charge in [0.25, 0.3) is 5.91 Å².